The van der Waals surface area contributed by atoms with Crippen LogP contribution in [0.2, 0.25) is 10.0 Å². The number of aryl methyl sites for hydroxylation is 3. The number of hydrogen-bond acceptors (Lipinski definition) is 5. The van der Waals surface area contributed by atoms with Crippen molar-refractivity contribution in [3.8, 4) is 0 Å². The van der Waals surface area contributed by atoms with Crippen molar-refractivity contribution in [2.45, 2.75) is 51.3 Å². The van der Waals surface area contributed by atoms with Crippen molar-refractivity contribution in [3.05, 3.63) is 67.9 Å². The van der Waals surface area contributed by atoms with Gasteiger partial charge in [0.1, 0.15) is 0 Å². The minimum Gasteiger partial charge on any atom is -0.287 e. The summed E-state index contributed by atoms with van der Waals surface area (Å²) in [5, 5.41) is 11.4. The van der Waals surface area contributed by atoms with Crippen molar-refractivity contribution in [1.29, 1.82) is 0 Å². The third-order valence-corrected chi connectivity index (χ3v) is 6.95. The third kappa shape index (κ3) is 4.51. The molecule has 0 spiro atoms. The maximum atomic E-state index is 13.2. The van der Waals surface area contributed by atoms with E-state index in [-0.39, 0.29) is 5.56 Å². The van der Waals surface area contributed by atoms with Gasteiger partial charge in [-0.1, -0.05) is 47.1 Å². The van der Waals surface area contributed by atoms with Gasteiger partial charge >= 0.3 is 0 Å². The van der Waals surface area contributed by atoms with Crippen LogP contribution in [-0.2, 0) is 19.0 Å². The molecule has 4 rings (SSSR count). The van der Waals surface area contributed by atoms with E-state index in [1.807, 2.05) is 54.4 Å². The van der Waals surface area contributed by atoms with Gasteiger partial charge in [0.15, 0.2) is 5.16 Å². The molecule has 0 aliphatic carbocycles. The maximum absolute atomic E-state index is 13.2. The zero-order valence-electron chi connectivity index (χ0n) is 17.5. The van der Waals surface area contributed by atoms with Crippen LogP contribution in [0, 0.1) is 20.8 Å². The Kier molecular flexibility index (Phi) is 6.41. The summed E-state index contributed by atoms with van der Waals surface area (Å²) in [5.41, 5.74) is 3.12. The Labute approximate surface area is 194 Å². The molecule has 10 heteroatoms. The molecule has 0 unspecified atom stereocenters. The van der Waals surface area contributed by atoms with Crippen molar-refractivity contribution < 1.29 is 0 Å². The van der Waals surface area contributed by atoms with Gasteiger partial charge < -0.3 is 0 Å². The number of rotatable bonds is 7. The molecule has 0 bridgehead atoms. The van der Waals surface area contributed by atoms with Gasteiger partial charge in [-0.25, -0.2) is 4.98 Å². The number of thioether (sulfide) groups is 1. The maximum Gasteiger partial charge on any atom is 0.262 e. The fourth-order valence-electron chi connectivity index (χ4n) is 3.37. The van der Waals surface area contributed by atoms with E-state index >= 15 is 0 Å². The van der Waals surface area contributed by atoms with Gasteiger partial charge in [-0.15, -0.1) is 0 Å². The first kappa shape index (κ1) is 21.9. The summed E-state index contributed by atoms with van der Waals surface area (Å²) in [5.74, 6) is 0.512. The molecule has 162 valence electrons. The second-order valence-corrected chi connectivity index (χ2v) is 9.00. The zero-order valence-corrected chi connectivity index (χ0v) is 19.8. The Bertz CT molecular complexity index is 1290. The summed E-state index contributed by atoms with van der Waals surface area (Å²) in [6.45, 7) is 6.86. The molecule has 0 atom stereocenters. The Morgan fingerprint density at radius 3 is 2.48 bits per heavy atom. The van der Waals surface area contributed by atoms with Crippen LogP contribution in [0.5, 0.6) is 0 Å². The molecule has 31 heavy (non-hydrogen) atoms. The number of benzene rings is 1. The van der Waals surface area contributed by atoms with Gasteiger partial charge in [0.2, 0.25) is 0 Å². The van der Waals surface area contributed by atoms with E-state index in [0.29, 0.717) is 45.1 Å². The number of aromatic nitrogens is 6. The molecule has 0 fully saturated rings. The topological polar surface area (TPSA) is 70.5 Å². The zero-order chi connectivity index (χ0) is 22.1. The first-order valence-corrected chi connectivity index (χ1v) is 11.6. The first-order chi connectivity index (χ1) is 14.8. The standard InChI is InChI=1S/C21H22Cl2N6OS/c1-13-17(22)11-27(25-13)9-6-10-28-20(30)16-7-4-5-8-18(16)24-21(28)31-12-29-15(3)19(23)14(2)26-29/h4-5,7-8,11H,6,9-10,12H2,1-3H3. The SMILES string of the molecule is Cc1nn(CCCn2c(SCn3nc(C)c(Cl)c3C)nc3ccccc3c2=O)cc1Cl. The molecule has 0 aliphatic rings. The molecule has 3 heterocycles. The normalized spacial score (nSPS) is 11.5. The lowest BCUT2D eigenvalue weighted by atomic mass is 10.2. The quantitative estimate of drug-likeness (QED) is 0.281. The van der Waals surface area contributed by atoms with Crippen LogP contribution in [0.3, 0.4) is 0 Å². The summed E-state index contributed by atoms with van der Waals surface area (Å²) >= 11 is 13.8. The Morgan fingerprint density at radius 2 is 1.81 bits per heavy atom. The minimum atomic E-state index is -0.0471. The molecule has 0 N–H and O–H groups in total. The lowest BCUT2D eigenvalue weighted by molar-refractivity contribution is 0.493. The molecule has 1 aromatic carbocycles. The molecule has 0 amide bonds. The molecule has 3 aromatic heterocycles. The minimum absolute atomic E-state index is 0.0471. The van der Waals surface area contributed by atoms with Crippen LogP contribution >= 0.6 is 35.0 Å². The van der Waals surface area contributed by atoms with Crippen molar-refractivity contribution >= 4 is 45.9 Å². The summed E-state index contributed by atoms with van der Waals surface area (Å²) in [4.78, 5) is 18.0. The average molecular weight is 477 g/mol. The van der Waals surface area contributed by atoms with Crippen LogP contribution in [-0.4, -0.2) is 29.1 Å². The number of para-hydroxylation sites is 1. The fraction of sp³-hybridized carbons (Fsp3) is 0.333. The first-order valence-electron chi connectivity index (χ1n) is 9.86. The highest BCUT2D eigenvalue weighted by Crippen LogP contribution is 2.24. The lowest BCUT2D eigenvalue weighted by Crippen LogP contribution is -2.24. The lowest BCUT2D eigenvalue weighted by Gasteiger charge is -2.13. The highest BCUT2D eigenvalue weighted by Gasteiger charge is 2.14. The second-order valence-electron chi connectivity index (χ2n) is 7.31. The Hall–Kier alpha value is -2.29. The molecule has 7 nitrogen and oxygen atoms in total. The van der Waals surface area contributed by atoms with E-state index < -0.39 is 0 Å². The van der Waals surface area contributed by atoms with E-state index in [1.165, 1.54) is 11.8 Å². The van der Waals surface area contributed by atoms with Crippen molar-refractivity contribution in [2.24, 2.45) is 0 Å². The highest BCUT2D eigenvalue weighted by molar-refractivity contribution is 7.98. The van der Waals surface area contributed by atoms with Crippen molar-refractivity contribution in [3.63, 3.8) is 0 Å². The van der Waals surface area contributed by atoms with E-state index in [9.17, 15) is 4.79 Å². The third-order valence-electron chi connectivity index (χ3n) is 5.09. The highest BCUT2D eigenvalue weighted by atomic mass is 35.5. The van der Waals surface area contributed by atoms with E-state index in [0.717, 1.165) is 23.5 Å². The summed E-state index contributed by atoms with van der Waals surface area (Å²) < 4.78 is 5.38. The van der Waals surface area contributed by atoms with E-state index in [1.54, 1.807) is 10.8 Å². The number of halogens is 2. The molecule has 4 aromatic rings. The molecule has 0 aliphatic heterocycles. The van der Waals surface area contributed by atoms with Crippen LogP contribution in [0.25, 0.3) is 10.9 Å². The van der Waals surface area contributed by atoms with Crippen LogP contribution in [0.4, 0.5) is 0 Å². The van der Waals surface area contributed by atoms with Crippen LogP contribution in [0.1, 0.15) is 23.5 Å². The summed E-state index contributed by atoms with van der Waals surface area (Å²) in [6, 6.07) is 7.42. The molecule has 0 saturated heterocycles. The van der Waals surface area contributed by atoms with Crippen molar-refractivity contribution in [2.75, 3.05) is 0 Å². The van der Waals surface area contributed by atoms with Gasteiger partial charge in [-0.2, -0.15) is 10.2 Å². The number of hydrogen-bond donors (Lipinski definition) is 0. The predicted octanol–water partition coefficient (Wildman–Crippen LogP) is 4.86. The molecule has 0 radical (unpaired) electrons. The molecule has 0 saturated carbocycles. The van der Waals surface area contributed by atoms with Crippen LogP contribution in [0.15, 0.2) is 40.4 Å². The largest absolute Gasteiger partial charge is 0.287 e. The average Bonchev–Trinajstić information content (AvgIpc) is 3.20. The molecular weight excluding hydrogens is 455 g/mol. The Morgan fingerprint density at radius 1 is 1.03 bits per heavy atom. The van der Waals surface area contributed by atoms with Gasteiger partial charge in [-0.05, 0) is 39.3 Å². The van der Waals surface area contributed by atoms with Gasteiger partial charge in [0, 0.05) is 19.3 Å². The number of fused-ring (bicyclic) bond motifs is 1. The summed E-state index contributed by atoms with van der Waals surface area (Å²) in [7, 11) is 0. The fourth-order valence-corrected chi connectivity index (χ4v) is 4.64. The predicted molar refractivity (Wildman–Crippen MR) is 125 cm³/mol. The van der Waals surface area contributed by atoms with E-state index in [4.69, 9.17) is 28.2 Å². The second kappa shape index (κ2) is 9.06. The monoisotopic (exact) mass is 476 g/mol. The van der Waals surface area contributed by atoms with Gasteiger partial charge in [-0.3, -0.25) is 18.7 Å². The Balaban J connectivity index is 1.61. The molecular formula is C21H22Cl2N6OS. The van der Waals surface area contributed by atoms with Gasteiger partial charge in [0.05, 0.1) is 43.9 Å². The van der Waals surface area contributed by atoms with Crippen LogP contribution < -0.4 is 5.56 Å². The van der Waals surface area contributed by atoms with E-state index in [2.05, 4.69) is 10.2 Å². The van der Waals surface area contributed by atoms with Crippen molar-refractivity contribution in [1.82, 2.24) is 29.1 Å². The number of nitrogens with zero attached hydrogens (tertiary/aromatic N) is 6. The summed E-state index contributed by atoms with van der Waals surface area (Å²) in [6.07, 6.45) is 2.52. The van der Waals surface area contributed by atoms with Gasteiger partial charge in [0.25, 0.3) is 5.56 Å². The smallest absolute Gasteiger partial charge is 0.262 e.